The highest BCUT2D eigenvalue weighted by molar-refractivity contribution is 7.98. The van der Waals surface area contributed by atoms with Crippen LogP contribution in [0, 0.1) is 5.92 Å². The summed E-state index contributed by atoms with van der Waals surface area (Å²) in [4.78, 5) is 2.62. The van der Waals surface area contributed by atoms with Gasteiger partial charge in [-0.2, -0.15) is 11.8 Å². The van der Waals surface area contributed by atoms with Crippen molar-refractivity contribution in [3.05, 3.63) is 0 Å². The Labute approximate surface area is 112 Å². The number of hydrogen-bond donors (Lipinski definition) is 1. The van der Waals surface area contributed by atoms with Crippen LogP contribution in [0.4, 0.5) is 0 Å². The Morgan fingerprint density at radius 3 is 2.71 bits per heavy atom. The molecule has 3 unspecified atom stereocenters. The van der Waals surface area contributed by atoms with E-state index in [1.54, 1.807) is 0 Å². The molecule has 0 heterocycles. The zero-order chi connectivity index (χ0) is 12.7. The molecule has 0 aromatic rings. The minimum absolute atomic E-state index is 0.737. The summed E-state index contributed by atoms with van der Waals surface area (Å²) in [6.45, 7) is 7.01. The van der Waals surface area contributed by atoms with Crippen LogP contribution in [0.3, 0.4) is 0 Å². The summed E-state index contributed by atoms with van der Waals surface area (Å²) in [5.41, 5.74) is 0. The van der Waals surface area contributed by atoms with Gasteiger partial charge >= 0.3 is 0 Å². The standard InChI is InChI=1S/C14H30N2S/c1-5-9-15-11-13-6-7-14(13)16(3)12(2)8-10-17-4/h12-15H,5-11H2,1-4H3. The van der Waals surface area contributed by atoms with Crippen molar-refractivity contribution in [1.82, 2.24) is 10.2 Å². The predicted octanol–water partition coefficient (Wildman–Crippen LogP) is 2.84. The van der Waals surface area contributed by atoms with Gasteiger partial charge in [0.2, 0.25) is 0 Å². The molecule has 1 N–H and O–H groups in total. The lowest BCUT2D eigenvalue weighted by molar-refractivity contribution is 0.0545. The molecule has 3 heteroatoms. The highest BCUT2D eigenvalue weighted by Crippen LogP contribution is 2.32. The fraction of sp³-hybridized carbons (Fsp3) is 1.00. The van der Waals surface area contributed by atoms with E-state index in [9.17, 15) is 0 Å². The molecule has 1 fully saturated rings. The molecule has 1 aliphatic carbocycles. The molecule has 102 valence electrons. The summed E-state index contributed by atoms with van der Waals surface area (Å²) in [6.07, 6.45) is 7.59. The van der Waals surface area contributed by atoms with Crippen LogP contribution in [0.15, 0.2) is 0 Å². The first-order valence-electron chi connectivity index (χ1n) is 7.12. The fourth-order valence-corrected chi connectivity index (χ4v) is 3.19. The Balaban J connectivity index is 2.23. The van der Waals surface area contributed by atoms with Gasteiger partial charge in [0.15, 0.2) is 0 Å². The van der Waals surface area contributed by atoms with Crippen LogP contribution < -0.4 is 5.32 Å². The fourth-order valence-electron chi connectivity index (χ4n) is 2.61. The molecule has 0 aromatic heterocycles. The zero-order valence-electron chi connectivity index (χ0n) is 12.0. The third-order valence-electron chi connectivity index (χ3n) is 4.17. The Bertz CT molecular complexity index is 199. The largest absolute Gasteiger partial charge is 0.316 e. The van der Waals surface area contributed by atoms with Gasteiger partial charge in [0, 0.05) is 12.1 Å². The molecule has 1 aliphatic rings. The molecule has 0 saturated heterocycles. The third-order valence-corrected chi connectivity index (χ3v) is 4.81. The number of nitrogens with one attached hydrogen (secondary N) is 1. The molecule has 0 aromatic carbocycles. The van der Waals surface area contributed by atoms with E-state index in [-0.39, 0.29) is 0 Å². The number of rotatable bonds is 9. The number of nitrogens with zero attached hydrogens (tertiary/aromatic N) is 1. The summed E-state index contributed by atoms with van der Waals surface area (Å²) >= 11 is 1.96. The van der Waals surface area contributed by atoms with E-state index in [0.29, 0.717) is 0 Å². The summed E-state index contributed by atoms with van der Waals surface area (Å²) < 4.78 is 0. The van der Waals surface area contributed by atoms with Crippen molar-refractivity contribution in [2.45, 2.75) is 51.6 Å². The highest BCUT2D eigenvalue weighted by Gasteiger charge is 2.34. The van der Waals surface area contributed by atoms with Gasteiger partial charge in [-0.25, -0.2) is 0 Å². The van der Waals surface area contributed by atoms with Crippen LogP contribution in [-0.2, 0) is 0 Å². The highest BCUT2D eigenvalue weighted by atomic mass is 32.2. The Morgan fingerprint density at radius 1 is 1.41 bits per heavy atom. The second kappa shape index (κ2) is 8.39. The summed E-state index contributed by atoms with van der Waals surface area (Å²) in [6, 6.07) is 1.57. The first kappa shape index (κ1) is 15.3. The Morgan fingerprint density at radius 2 is 2.18 bits per heavy atom. The van der Waals surface area contributed by atoms with Gasteiger partial charge in [0.05, 0.1) is 0 Å². The van der Waals surface area contributed by atoms with E-state index in [0.717, 1.165) is 18.0 Å². The van der Waals surface area contributed by atoms with Gasteiger partial charge in [0.25, 0.3) is 0 Å². The van der Waals surface area contributed by atoms with Crippen LogP contribution in [0.2, 0.25) is 0 Å². The van der Waals surface area contributed by atoms with Gasteiger partial charge < -0.3 is 10.2 Å². The van der Waals surface area contributed by atoms with Crippen molar-refractivity contribution in [2.24, 2.45) is 5.92 Å². The normalized spacial score (nSPS) is 25.9. The monoisotopic (exact) mass is 258 g/mol. The average Bonchev–Trinajstić information content (AvgIpc) is 2.30. The molecule has 2 nitrogen and oxygen atoms in total. The minimum Gasteiger partial charge on any atom is -0.316 e. The van der Waals surface area contributed by atoms with E-state index in [2.05, 4.69) is 37.4 Å². The first-order chi connectivity index (χ1) is 8.20. The molecule has 3 atom stereocenters. The van der Waals surface area contributed by atoms with Crippen LogP contribution in [0.25, 0.3) is 0 Å². The number of thioether (sulfide) groups is 1. The van der Waals surface area contributed by atoms with E-state index < -0.39 is 0 Å². The van der Waals surface area contributed by atoms with E-state index in [1.165, 1.54) is 44.5 Å². The van der Waals surface area contributed by atoms with Crippen molar-refractivity contribution < 1.29 is 0 Å². The van der Waals surface area contributed by atoms with Crippen molar-refractivity contribution in [3.8, 4) is 0 Å². The van der Waals surface area contributed by atoms with Crippen molar-refractivity contribution in [2.75, 3.05) is 32.1 Å². The van der Waals surface area contributed by atoms with Gasteiger partial charge in [0.1, 0.15) is 0 Å². The van der Waals surface area contributed by atoms with Crippen LogP contribution in [0.1, 0.15) is 39.5 Å². The van der Waals surface area contributed by atoms with Crippen LogP contribution in [-0.4, -0.2) is 49.1 Å². The van der Waals surface area contributed by atoms with Gasteiger partial charge in [-0.3, -0.25) is 0 Å². The van der Waals surface area contributed by atoms with Crippen molar-refractivity contribution in [3.63, 3.8) is 0 Å². The van der Waals surface area contributed by atoms with Crippen molar-refractivity contribution >= 4 is 11.8 Å². The third kappa shape index (κ3) is 4.80. The zero-order valence-corrected chi connectivity index (χ0v) is 12.9. The van der Waals surface area contributed by atoms with Crippen LogP contribution >= 0.6 is 11.8 Å². The molecule has 0 spiro atoms. The predicted molar refractivity (Wildman–Crippen MR) is 79.9 cm³/mol. The van der Waals surface area contributed by atoms with Gasteiger partial charge in [-0.1, -0.05) is 6.92 Å². The maximum Gasteiger partial charge on any atom is 0.0135 e. The summed E-state index contributed by atoms with van der Waals surface area (Å²) in [7, 11) is 2.32. The topological polar surface area (TPSA) is 15.3 Å². The van der Waals surface area contributed by atoms with Gasteiger partial charge in [-0.05, 0) is 70.7 Å². The molecule has 0 aliphatic heterocycles. The molecule has 1 saturated carbocycles. The maximum atomic E-state index is 3.57. The smallest absolute Gasteiger partial charge is 0.0135 e. The molecular weight excluding hydrogens is 228 g/mol. The lowest BCUT2D eigenvalue weighted by Gasteiger charge is -2.45. The SMILES string of the molecule is CCCNCC1CCC1N(C)C(C)CCSC. The second-order valence-electron chi connectivity index (χ2n) is 5.40. The summed E-state index contributed by atoms with van der Waals surface area (Å²) in [5.74, 6) is 2.18. The van der Waals surface area contributed by atoms with Crippen molar-refractivity contribution in [1.29, 1.82) is 0 Å². The average molecular weight is 258 g/mol. The van der Waals surface area contributed by atoms with E-state index in [4.69, 9.17) is 0 Å². The molecule has 0 radical (unpaired) electrons. The quantitative estimate of drug-likeness (QED) is 0.640. The first-order valence-corrected chi connectivity index (χ1v) is 8.51. The molecule has 17 heavy (non-hydrogen) atoms. The van der Waals surface area contributed by atoms with E-state index in [1.807, 2.05) is 11.8 Å². The van der Waals surface area contributed by atoms with Crippen LogP contribution in [0.5, 0.6) is 0 Å². The second-order valence-corrected chi connectivity index (χ2v) is 6.39. The lowest BCUT2D eigenvalue weighted by Crippen LogP contribution is -2.52. The lowest BCUT2D eigenvalue weighted by atomic mass is 9.78. The Kier molecular flexibility index (Phi) is 7.56. The van der Waals surface area contributed by atoms with Gasteiger partial charge in [-0.15, -0.1) is 0 Å². The molecular formula is C14H30N2S. The molecule has 0 bridgehead atoms. The summed E-state index contributed by atoms with van der Waals surface area (Å²) in [5, 5.41) is 3.57. The molecule has 0 amide bonds. The molecule has 1 rings (SSSR count). The minimum atomic E-state index is 0.737. The Hall–Kier alpha value is 0.270. The number of hydrogen-bond acceptors (Lipinski definition) is 3. The van der Waals surface area contributed by atoms with E-state index >= 15 is 0 Å². The maximum absolute atomic E-state index is 3.57.